The molecule has 4 heteroatoms. The monoisotopic (exact) mass is 220 g/mol. The van der Waals surface area contributed by atoms with E-state index in [0.29, 0.717) is 0 Å². The number of hydrogen-bond donors (Lipinski definition) is 1. The molecule has 2 aromatic rings. The van der Waals surface area contributed by atoms with E-state index >= 15 is 0 Å². The average Bonchev–Trinajstić information content (AvgIpc) is 2.90. The molecule has 1 unspecified atom stereocenters. The van der Waals surface area contributed by atoms with Crippen molar-refractivity contribution in [3.8, 4) is 0 Å². The second kappa shape index (κ2) is 4.99. The fourth-order valence-corrected chi connectivity index (χ4v) is 1.71. The highest BCUT2D eigenvalue weighted by Crippen LogP contribution is 2.18. The Morgan fingerprint density at radius 1 is 1.56 bits per heavy atom. The molecule has 0 aliphatic carbocycles. The molecular weight excluding hydrogens is 204 g/mol. The third-order valence-corrected chi connectivity index (χ3v) is 2.57. The molecular formula is C12H16N2O2. The van der Waals surface area contributed by atoms with Crippen molar-refractivity contribution in [2.24, 2.45) is 0 Å². The van der Waals surface area contributed by atoms with Crippen molar-refractivity contribution in [3.63, 3.8) is 0 Å². The van der Waals surface area contributed by atoms with Gasteiger partial charge in [-0.1, -0.05) is 18.5 Å². The van der Waals surface area contributed by atoms with Crippen LogP contribution in [0.3, 0.4) is 0 Å². The molecule has 86 valence electrons. The summed E-state index contributed by atoms with van der Waals surface area (Å²) in [7, 11) is 0. The summed E-state index contributed by atoms with van der Waals surface area (Å²) in [5.41, 5.74) is 1.99. The first-order chi connectivity index (χ1) is 7.79. The van der Waals surface area contributed by atoms with E-state index < -0.39 is 0 Å². The number of hydrogen-bond acceptors (Lipinski definition) is 3. The highest BCUT2D eigenvalue weighted by Gasteiger charge is 2.08. The minimum atomic E-state index is -0.353. The van der Waals surface area contributed by atoms with Gasteiger partial charge in [0.1, 0.15) is 6.26 Å². The van der Waals surface area contributed by atoms with E-state index in [0.717, 1.165) is 30.5 Å². The lowest BCUT2D eigenvalue weighted by Gasteiger charge is -2.06. The molecule has 0 aliphatic rings. The van der Waals surface area contributed by atoms with Gasteiger partial charge in [0.25, 0.3) is 0 Å². The standard InChI is InChI=1S/C12H16N2O2/c1-2-3-12(15)11-4-5-14(8-11)7-10-6-13-16-9-10/h4-6,8-9,12,15H,2-3,7H2,1H3. The van der Waals surface area contributed by atoms with Gasteiger partial charge >= 0.3 is 0 Å². The van der Waals surface area contributed by atoms with Gasteiger partial charge in [-0.25, -0.2) is 0 Å². The van der Waals surface area contributed by atoms with E-state index in [1.807, 2.05) is 23.0 Å². The molecule has 0 aromatic carbocycles. The first-order valence-electron chi connectivity index (χ1n) is 5.51. The molecule has 0 bridgehead atoms. The first-order valence-corrected chi connectivity index (χ1v) is 5.51. The summed E-state index contributed by atoms with van der Waals surface area (Å²) in [5.74, 6) is 0. The second-order valence-electron chi connectivity index (χ2n) is 3.95. The minimum Gasteiger partial charge on any atom is -0.388 e. The van der Waals surface area contributed by atoms with E-state index in [9.17, 15) is 5.11 Å². The quantitative estimate of drug-likeness (QED) is 0.841. The van der Waals surface area contributed by atoms with Crippen molar-refractivity contribution in [1.29, 1.82) is 0 Å². The SMILES string of the molecule is CCCC(O)c1ccn(Cc2cnoc2)c1. The van der Waals surface area contributed by atoms with Gasteiger partial charge in [0.15, 0.2) is 0 Å². The normalized spacial score (nSPS) is 12.9. The van der Waals surface area contributed by atoms with E-state index in [4.69, 9.17) is 4.52 Å². The number of nitrogens with zero attached hydrogens (tertiary/aromatic N) is 2. The van der Waals surface area contributed by atoms with Crippen molar-refractivity contribution >= 4 is 0 Å². The molecule has 2 heterocycles. The van der Waals surface area contributed by atoms with Crippen LogP contribution < -0.4 is 0 Å². The van der Waals surface area contributed by atoms with Crippen LogP contribution in [0.2, 0.25) is 0 Å². The zero-order valence-electron chi connectivity index (χ0n) is 9.34. The van der Waals surface area contributed by atoms with Gasteiger partial charge in [-0.05, 0) is 18.1 Å². The van der Waals surface area contributed by atoms with Crippen molar-refractivity contribution in [2.45, 2.75) is 32.4 Å². The molecule has 0 spiro atoms. The van der Waals surface area contributed by atoms with Crippen LogP contribution in [0, 0.1) is 0 Å². The molecule has 1 N–H and O–H groups in total. The molecule has 2 aromatic heterocycles. The van der Waals surface area contributed by atoms with Gasteiger partial charge in [-0.15, -0.1) is 0 Å². The van der Waals surface area contributed by atoms with Gasteiger partial charge in [0, 0.05) is 18.0 Å². The maximum Gasteiger partial charge on any atom is 0.128 e. The molecule has 4 nitrogen and oxygen atoms in total. The van der Waals surface area contributed by atoms with Crippen LogP contribution in [0.4, 0.5) is 0 Å². The molecule has 0 radical (unpaired) electrons. The molecule has 16 heavy (non-hydrogen) atoms. The summed E-state index contributed by atoms with van der Waals surface area (Å²) in [5, 5.41) is 13.5. The van der Waals surface area contributed by atoms with Gasteiger partial charge in [-0.2, -0.15) is 0 Å². The lowest BCUT2D eigenvalue weighted by Crippen LogP contribution is -1.97. The van der Waals surface area contributed by atoms with E-state index in [-0.39, 0.29) is 6.10 Å². The number of aliphatic hydroxyl groups excluding tert-OH is 1. The van der Waals surface area contributed by atoms with Gasteiger partial charge in [-0.3, -0.25) is 0 Å². The minimum absolute atomic E-state index is 0.353. The van der Waals surface area contributed by atoms with E-state index in [1.54, 1.807) is 12.5 Å². The summed E-state index contributed by atoms with van der Waals surface area (Å²) in [4.78, 5) is 0. The van der Waals surface area contributed by atoms with Crippen LogP contribution in [0.1, 0.15) is 37.0 Å². The average molecular weight is 220 g/mol. The molecule has 1 atom stereocenters. The number of aromatic nitrogens is 2. The smallest absolute Gasteiger partial charge is 0.128 e. The molecule has 0 amide bonds. The summed E-state index contributed by atoms with van der Waals surface area (Å²) in [6, 6.07) is 1.95. The largest absolute Gasteiger partial charge is 0.388 e. The van der Waals surface area contributed by atoms with Crippen LogP contribution in [-0.2, 0) is 6.54 Å². The predicted molar refractivity (Wildman–Crippen MR) is 59.9 cm³/mol. The third-order valence-electron chi connectivity index (χ3n) is 2.57. The van der Waals surface area contributed by atoms with Gasteiger partial charge in [0.05, 0.1) is 18.8 Å². The fourth-order valence-electron chi connectivity index (χ4n) is 1.71. The van der Waals surface area contributed by atoms with E-state index in [1.165, 1.54) is 0 Å². The van der Waals surface area contributed by atoms with Crippen LogP contribution in [0.15, 0.2) is 35.4 Å². The highest BCUT2D eigenvalue weighted by molar-refractivity contribution is 5.15. The number of aliphatic hydroxyl groups is 1. The molecule has 0 saturated heterocycles. The summed E-state index contributed by atoms with van der Waals surface area (Å²) < 4.78 is 6.78. The maximum absolute atomic E-state index is 9.82. The Kier molecular flexibility index (Phi) is 3.41. The fraction of sp³-hybridized carbons (Fsp3) is 0.417. The Morgan fingerprint density at radius 2 is 2.44 bits per heavy atom. The second-order valence-corrected chi connectivity index (χ2v) is 3.95. The lowest BCUT2D eigenvalue weighted by atomic mass is 10.1. The van der Waals surface area contributed by atoms with Crippen molar-refractivity contribution in [2.75, 3.05) is 0 Å². The topological polar surface area (TPSA) is 51.2 Å². The van der Waals surface area contributed by atoms with Crippen LogP contribution in [0.25, 0.3) is 0 Å². The Morgan fingerprint density at radius 3 is 3.12 bits per heavy atom. The lowest BCUT2D eigenvalue weighted by molar-refractivity contribution is 0.166. The molecule has 2 rings (SSSR count). The molecule has 0 saturated carbocycles. The van der Waals surface area contributed by atoms with Gasteiger partial charge in [0.2, 0.25) is 0 Å². The van der Waals surface area contributed by atoms with Crippen LogP contribution in [-0.4, -0.2) is 14.8 Å². The van der Waals surface area contributed by atoms with Crippen LogP contribution in [0.5, 0.6) is 0 Å². The highest BCUT2D eigenvalue weighted by atomic mass is 16.5. The maximum atomic E-state index is 9.82. The summed E-state index contributed by atoms with van der Waals surface area (Å²) in [6.45, 7) is 2.79. The van der Waals surface area contributed by atoms with Crippen LogP contribution >= 0.6 is 0 Å². The van der Waals surface area contributed by atoms with Crippen molar-refractivity contribution in [3.05, 3.63) is 42.0 Å². The predicted octanol–water partition coefficient (Wildman–Crippen LogP) is 2.36. The Balaban J connectivity index is 2.02. The zero-order chi connectivity index (χ0) is 11.4. The summed E-state index contributed by atoms with van der Waals surface area (Å²) in [6.07, 6.45) is 8.68. The molecule has 0 fully saturated rings. The van der Waals surface area contributed by atoms with Crippen molar-refractivity contribution < 1.29 is 9.63 Å². The summed E-state index contributed by atoms with van der Waals surface area (Å²) >= 11 is 0. The first kappa shape index (κ1) is 11.0. The van der Waals surface area contributed by atoms with E-state index in [2.05, 4.69) is 12.1 Å². The number of rotatable bonds is 5. The Bertz CT molecular complexity index is 420. The van der Waals surface area contributed by atoms with Crippen molar-refractivity contribution in [1.82, 2.24) is 9.72 Å². The molecule has 0 aliphatic heterocycles. The Labute approximate surface area is 94.5 Å². The zero-order valence-corrected chi connectivity index (χ0v) is 9.34. The third kappa shape index (κ3) is 2.52. The van der Waals surface area contributed by atoms with Gasteiger partial charge < -0.3 is 14.2 Å². The Hall–Kier alpha value is -1.55.